The monoisotopic (exact) mass is 303 g/mol. The van der Waals surface area contributed by atoms with E-state index in [4.69, 9.17) is 50.7 Å². The second-order valence-corrected chi connectivity index (χ2v) is 3.37. The van der Waals surface area contributed by atoms with Crippen molar-refractivity contribution in [2.45, 2.75) is 30.6 Å². The van der Waals surface area contributed by atoms with E-state index in [1.54, 1.807) is 0 Å². The number of hydrogen-bond donors (Lipinski definition) is 9. The molecule has 12 heteroatoms. The van der Waals surface area contributed by atoms with E-state index < -0.39 is 49.6 Å². The van der Waals surface area contributed by atoms with Crippen molar-refractivity contribution in [1.29, 1.82) is 0 Å². The molecule has 0 radical (unpaired) electrons. The smallest absolute Gasteiger partial charge is 0.450 e. The Kier molecular flexibility index (Phi) is 10.4. The maximum absolute atomic E-state index is 9.20. The molecule has 0 bridgehead atoms. The van der Waals surface area contributed by atoms with E-state index in [0.29, 0.717) is 0 Å². The standard InChI is InChI=1S/C6H13NO5.2CH2O3/c7-3-5(10)4(9)2(1-8)12-6(3)11;2*2-1(3)4/h2-6,8-11H,1,7H2;2*(H2,2,3,4)/t2-,3-,4-,5-,6?;;/m1../s1. The molecule has 5 atom stereocenters. The average Bonchev–Trinajstić information content (AvgIpc) is 2.29. The molecule has 1 unspecified atom stereocenters. The zero-order valence-electron chi connectivity index (χ0n) is 9.97. The fraction of sp³-hybridized carbons (Fsp3) is 0.750. The maximum atomic E-state index is 9.20. The molecule has 1 rings (SSSR count). The summed E-state index contributed by atoms with van der Waals surface area (Å²) in [5.74, 6) is 0. The minimum atomic E-state index is -1.83. The normalized spacial score (nSPS) is 31.9. The van der Waals surface area contributed by atoms with Gasteiger partial charge in [0.1, 0.15) is 18.3 Å². The Balaban J connectivity index is 0. The second-order valence-electron chi connectivity index (χ2n) is 3.37. The Labute approximate surface area is 111 Å². The lowest BCUT2D eigenvalue weighted by Gasteiger charge is -2.38. The van der Waals surface area contributed by atoms with Gasteiger partial charge in [0.25, 0.3) is 0 Å². The van der Waals surface area contributed by atoms with Crippen LogP contribution in [0.1, 0.15) is 0 Å². The van der Waals surface area contributed by atoms with Gasteiger partial charge in [0.2, 0.25) is 0 Å². The molecular formula is C8H17NO11. The van der Waals surface area contributed by atoms with E-state index in [2.05, 4.69) is 0 Å². The van der Waals surface area contributed by atoms with E-state index in [9.17, 15) is 10.2 Å². The quantitative estimate of drug-likeness (QED) is 0.239. The van der Waals surface area contributed by atoms with Crippen LogP contribution in [0.25, 0.3) is 0 Å². The molecule has 1 aliphatic heterocycles. The molecule has 0 aromatic rings. The molecule has 0 amide bonds. The zero-order chi connectivity index (χ0) is 16.5. The van der Waals surface area contributed by atoms with E-state index in [-0.39, 0.29) is 0 Å². The van der Waals surface area contributed by atoms with Crippen molar-refractivity contribution in [1.82, 2.24) is 0 Å². The average molecular weight is 303 g/mol. The highest BCUT2D eigenvalue weighted by molar-refractivity contribution is 5.53. The minimum Gasteiger partial charge on any atom is -0.450 e. The molecule has 120 valence electrons. The van der Waals surface area contributed by atoms with Gasteiger partial charge in [0.05, 0.1) is 12.6 Å². The highest BCUT2D eigenvalue weighted by atomic mass is 16.6. The van der Waals surface area contributed by atoms with Crippen molar-refractivity contribution < 1.29 is 55.2 Å². The topological polar surface area (TPSA) is 231 Å². The number of aliphatic hydroxyl groups is 4. The van der Waals surface area contributed by atoms with Gasteiger partial charge in [-0.05, 0) is 0 Å². The van der Waals surface area contributed by atoms with E-state index in [1.807, 2.05) is 0 Å². The zero-order valence-corrected chi connectivity index (χ0v) is 9.97. The van der Waals surface area contributed by atoms with Gasteiger partial charge in [0.15, 0.2) is 6.29 Å². The SMILES string of the molecule is N[C@H]1C(O)O[C@H](CO)[C@@H](O)[C@@H]1O.O=C(O)O.O=C(O)O. The largest absolute Gasteiger partial charge is 0.503 e. The molecule has 1 fully saturated rings. The molecule has 1 saturated heterocycles. The van der Waals surface area contributed by atoms with Crippen LogP contribution in [0.2, 0.25) is 0 Å². The summed E-state index contributed by atoms with van der Waals surface area (Å²) in [5, 5.41) is 64.0. The van der Waals surface area contributed by atoms with E-state index >= 15 is 0 Å². The number of aliphatic hydroxyl groups excluding tert-OH is 4. The summed E-state index contributed by atoms with van der Waals surface area (Å²) < 4.78 is 4.70. The summed E-state index contributed by atoms with van der Waals surface area (Å²) in [6.45, 7) is -0.470. The minimum absolute atomic E-state index is 0.470. The van der Waals surface area contributed by atoms with E-state index in [0.717, 1.165) is 0 Å². The van der Waals surface area contributed by atoms with Crippen LogP contribution in [0.5, 0.6) is 0 Å². The van der Waals surface area contributed by atoms with Crippen LogP contribution >= 0.6 is 0 Å². The maximum Gasteiger partial charge on any atom is 0.503 e. The first-order valence-corrected chi connectivity index (χ1v) is 4.94. The molecule has 1 heterocycles. The Morgan fingerprint density at radius 2 is 1.30 bits per heavy atom. The van der Waals surface area contributed by atoms with Crippen LogP contribution in [-0.2, 0) is 4.74 Å². The summed E-state index contributed by atoms with van der Waals surface area (Å²) in [4.78, 5) is 17.1. The van der Waals surface area contributed by atoms with Gasteiger partial charge in [-0.2, -0.15) is 0 Å². The van der Waals surface area contributed by atoms with Gasteiger partial charge in [-0.25, -0.2) is 9.59 Å². The third kappa shape index (κ3) is 9.26. The molecule has 0 spiro atoms. The number of nitrogens with two attached hydrogens (primary N) is 1. The van der Waals surface area contributed by atoms with Crippen LogP contribution in [0.3, 0.4) is 0 Å². The summed E-state index contributed by atoms with van der Waals surface area (Å²) in [6.07, 6.45) is -8.52. The molecule has 10 N–H and O–H groups in total. The molecule has 1 aliphatic rings. The predicted molar refractivity (Wildman–Crippen MR) is 59.3 cm³/mol. The predicted octanol–water partition coefficient (Wildman–Crippen LogP) is -2.81. The molecule has 12 nitrogen and oxygen atoms in total. The number of carbonyl (C=O) groups is 2. The molecule has 20 heavy (non-hydrogen) atoms. The molecular weight excluding hydrogens is 286 g/mol. The Morgan fingerprint density at radius 3 is 1.60 bits per heavy atom. The lowest BCUT2D eigenvalue weighted by Crippen LogP contribution is -2.61. The molecule has 0 aliphatic carbocycles. The highest BCUT2D eigenvalue weighted by Gasteiger charge is 2.41. The number of hydrogen-bond acceptors (Lipinski definition) is 8. The van der Waals surface area contributed by atoms with Gasteiger partial charge in [-0.15, -0.1) is 0 Å². The van der Waals surface area contributed by atoms with Crippen molar-refractivity contribution in [3.63, 3.8) is 0 Å². The molecule has 0 aromatic heterocycles. The summed E-state index contributed by atoms with van der Waals surface area (Å²) >= 11 is 0. The molecule has 0 aromatic carbocycles. The first kappa shape index (κ1) is 20.6. The first-order chi connectivity index (χ1) is 9.04. The lowest BCUT2D eigenvalue weighted by atomic mass is 9.98. The number of rotatable bonds is 1. The van der Waals surface area contributed by atoms with Gasteiger partial charge >= 0.3 is 12.3 Å². The van der Waals surface area contributed by atoms with Crippen LogP contribution in [0, 0.1) is 0 Å². The second kappa shape index (κ2) is 10.1. The summed E-state index contributed by atoms with van der Waals surface area (Å²) in [7, 11) is 0. The third-order valence-corrected chi connectivity index (χ3v) is 1.95. The van der Waals surface area contributed by atoms with Crippen LogP contribution in [-0.4, -0.2) is 90.4 Å². The molecule has 0 saturated carbocycles. The Morgan fingerprint density at radius 1 is 0.950 bits per heavy atom. The first-order valence-electron chi connectivity index (χ1n) is 4.94. The van der Waals surface area contributed by atoms with Crippen molar-refractivity contribution >= 4 is 12.3 Å². The van der Waals surface area contributed by atoms with Crippen LogP contribution < -0.4 is 5.73 Å². The van der Waals surface area contributed by atoms with Crippen molar-refractivity contribution in [2.24, 2.45) is 5.73 Å². The van der Waals surface area contributed by atoms with Crippen LogP contribution in [0.4, 0.5) is 9.59 Å². The van der Waals surface area contributed by atoms with Gasteiger partial charge in [0, 0.05) is 0 Å². The summed E-state index contributed by atoms with van der Waals surface area (Å²) in [5.41, 5.74) is 5.26. The van der Waals surface area contributed by atoms with Gasteiger partial charge < -0.3 is 51.3 Å². The highest BCUT2D eigenvalue weighted by Crippen LogP contribution is 2.17. The number of ether oxygens (including phenoxy) is 1. The van der Waals surface area contributed by atoms with Crippen LogP contribution in [0.15, 0.2) is 0 Å². The fourth-order valence-electron chi connectivity index (χ4n) is 1.12. The van der Waals surface area contributed by atoms with Gasteiger partial charge in [-0.3, -0.25) is 0 Å². The van der Waals surface area contributed by atoms with Gasteiger partial charge in [-0.1, -0.05) is 0 Å². The fourth-order valence-corrected chi connectivity index (χ4v) is 1.12. The third-order valence-electron chi connectivity index (χ3n) is 1.95. The number of carboxylic acid groups (broad SMARTS) is 4. The van der Waals surface area contributed by atoms with E-state index in [1.165, 1.54) is 0 Å². The van der Waals surface area contributed by atoms with Crippen molar-refractivity contribution in [3.8, 4) is 0 Å². The Hall–Kier alpha value is -1.70. The lowest BCUT2D eigenvalue weighted by molar-refractivity contribution is -0.248. The van der Waals surface area contributed by atoms with Crippen molar-refractivity contribution in [2.75, 3.05) is 6.61 Å². The van der Waals surface area contributed by atoms with Crippen molar-refractivity contribution in [3.05, 3.63) is 0 Å². The Bertz CT molecular complexity index is 273. The summed E-state index contributed by atoms with van der Waals surface area (Å²) in [6, 6.07) is -1.04.